The second-order valence-electron chi connectivity index (χ2n) is 8.05. The number of amides is 1. The Morgan fingerprint density at radius 1 is 1.15 bits per heavy atom. The fourth-order valence-corrected chi connectivity index (χ4v) is 4.07. The molecule has 11 heteroatoms. The molecule has 33 heavy (non-hydrogen) atoms. The van der Waals surface area contributed by atoms with Crippen LogP contribution in [0.5, 0.6) is 0 Å². The third kappa shape index (κ3) is 4.29. The number of nitrogens with zero attached hydrogens (tertiary/aromatic N) is 4. The summed E-state index contributed by atoms with van der Waals surface area (Å²) in [6, 6.07) is 7.56. The first-order valence-corrected chi connectivity index (χ1v) is 11.0. The average molecular weight is 454 g/mol. The van der Waals surface area contributed by atoms with E-state index in [1.807, 2.05) is 24.3 Å². The number of fused-ring (bicyclic) bond motifs is 1. The molecule has 4 heterocycles. The van der Waals surface area contributed by atoms with E-state index in [2.05, 4.69) is 31.0 Å². The molecule has 11 nitrogen and oxygen atoms in total. The van der Waals surface area contributed by atoms with Gasteiger partial charge in [0.2, 0.25) is 5.76 Å². The lowest BCUT2D eigenvalue weighted by Gasteiger charge is -2.35. The highest BCUT2D eigenvalue weighted by atomic mass is 16.5. The van der Waals surface area contributed by atoms with E-state index in [9.17, 15) is 4.79 Å². The molecular weight excluding hydrogens is 426 g/mol. The van der Waals surface area contributed by atoms with E-state index in [-0.39, 0.29) is 23.8 Å². The van der Waals surface area contributed by atoms with Crippen LogP contribution in [0.2, 0.25) is 0 Å². The molecule has 1 aliphatic heterocycles. The second-order valence-corrected chi connectivity index (χ2v) is 8.05. The summed E-state index contributed by atoms with van der Waals surface area (Å²) in [5.41, 5.74) is 1.55. The van der Waals surface area contributed by atoms with Crippen LogP contribution in [0.15, 0.2) is 28.8 Å². The number of carbonyl (C=O) groups is 1. The lowest BCUT2D eigenvalue weighted by atomic mass is 9.89. The molecule has 1 saturated heterocycles. The maximum Gasteiger partial charge on any atom is 0.292 e. The van der Waals surface area contributed by atoms with Crippen molar-refractivity contribution in [2.45, 2.75) is 25.0 Å². The lowest BCUT2D eigenvalue weighted by Crippen LogP contribution is -2.51. The van der Waals surface area contributed by atoms with Gasteiger partial charge in [0, 0.05) is 33.3 Å². The normalized spacial score (nSPS) is 20.4. The molecule has 0 spiro atoms. The molecule has 5 rings (SSSR count). The van der Waals surface area contributed by atoms with Crippen LogP contribution in [-0.2, 0) is 9.47 Å². The molecule has 2 aliphatic rings. The molecule has 3 aromatic rings. The number of carbonyl (C=O) groups excluding carboxylic acids is 1. The van der Waals surface area contributed by atoms with Crippen LogP contribution in [0.3, 0.4) is 0 Å². The lowest BCUT2D eigenvalue weighted by molar-refractivity contribution is 0.00678. The zero-order valence-corrected chi connectivity index (χ0v) is 18.6. The highest BCUT2D eigenvalue weighted by Gasteiger charge is 2.34. The predicted molar refractivity (Wildman–Crippen MR) is 123 cm³/mol. The summed E-state index contributed by atoms with van der Waals surface area (Å²) in [6.07, 6.45) is 1.81. The van der Waals surface area contributed by atoms with Gasteiger partial charge < -0.3 is 34.8 Å². The van der Waals surface area contributed by atoms with Crippen LogP contribution in [-0.4, -0.2) is 73.6 Å². The highest BCUT2D eigenvalue weighted by molar-refractivity contribution is 6.05. The van der Waals surface area contributed by atoms with E-state index in [1.165, 1.54) is 0 Å². The van der Waals surface area contributed by atoms with Gasteiger partial charge in [-0.05, 0) is 25.0 Å². The van der Waals surface area contributed by atoms with E-state index in [0.29, 0.717) is 41.6 Å². The van der Waals surface area contributed by atoms with Crippen molar-refractivity contribution in [3.05, 3.63) is 30.0 Å². The van der Waals surface area contributed by atoms with Gasteiger partial charge in [0.15, 0.2) is 5.52 Å². The zero-order chi connectivity index (χ0) is 22.8. The Hall–Kier alpha value is -3.44. The number of anilines is 4. The molecule has 1 aliphatic carbocycles. The minimum absolute atomic E-state index is 0.0195. The Balaban J connectivity index is 1.41. The van der Waals surface area contributed by atoms with E-state index in [0.717, 1.165) is 31.7 Å². The molecule has 0 bridgehead atoms. The van der Waals surface area contributed by atoms with Crippen molar-refractivity contribution in [2.75, 3.05) is 56.0 Å². The van der Waals surface area contributed by atoms with E-state index in [1.54, 1.807) is 14.2 Å². The minimum Gasteiger partial charge on any atom is -0.386 e. The number of ether oxygens (including phenoxy) is 2. The van der Waals surface area contributed by atoms with E-state index < -0.39 is 0 Å². The van der Waals surface area contributed by atoms with Gasteiger partial charge in [0.05, 0.1) is 31.0 Å². The van der Waals surface area contributed by atoms with Crippen LogP contribution >= 0.6 is 0 Å². The average Bonchev–Trinajstić information content (AvgIpc) is 3.26. The van der Waals surface area contributed by atoms with Crippen LogP contribution in [0.1, 0.15) is 23.4 Å². The first kappa shape index (κ1) is 21.4. The van der Waals surface area contributed by atoms with Crippen LogP contribution in [0, 0.1) is 0 Å². The third-order valence-corrected chi connectivity index (χ3v) is 6.07. The SMILES string of the molecule is CNc1cc(Nc2cccc(N3CCOCC3)n2)nc2c(C(=O)N[C@@H]3CC[C@H]3OC)onc12. The van der Waals surface area contributed by atoms with Crippen molar-refractivity contribution in [3.63, 3.8) is 0 Å². The number of aromatic nitrogens is 3. The highest BCUT2D eigenvalue weighted by Crippen LogP contribution is 2.29. The quantitative estimate of drug-likeness (QED) is 0.490. The molecule has 174 valence electrons. The molecule has 1 saturated carbocycles. The predicted octanol–water partition coefficient (Wildman–Crippen LogP) is 2.15. The van der Waals surface area contributed by atoms with Crippen molar-refractivity contribution >= 4 is 40.1 Å². The smallest absolute Gasteiger partial charge is 0.292 e. The molecule has 0 aromatic carbocycles. The number of hydrogen-bond donors (Lipinski definition) is 3. The zero-order valence-electron chi connectivity index (χ0n) is 18.6. The monoisotopic (exact) mass is 453 g/mol. The topological polar surface area (TPSA) is 127 Å². The number of morpholine rings is 1. The van der Waals surface area contributed by atoms with Crippen molar-refractivity contribution in [2.24, 2.45) is 0 Å². The van der Waals surface area contributed by atoms with Crippen LogP contribution < -0.4 is 20.9 Å². The van der Waals surface area contributed by atoms with Gasteiger partial charge in [0.1, 0.15) is 23.0 Å². The summed E-state index contributed by atoms with van der Waals surface area (Å²) in [7, 11) is 3.43. The van der Waals surface area contributed by atoms with Gasteiger partial charge in [0.25, 0.3) is 5.91 Å². The maximum absolute atomic E-state index is 12.9. The summed E-state index contributed by atoms with van der Waals surface area (Å²) in [4.78, 5) is 24.4. The molecule has 1 amide bonds. The molecule has 2 fully saturated rings. The Morgan fingerprint density at radius 3 is 2.73 bits per heavy atom. The molecule has 2 atom stereocenters. The molecule has 0 unspecified atom stereocenters. The fraction of sp³-hybridized carbons (Fsp3) is 0.455. The summed E-state index contributed by atoms with van der Waals surface area (Å²) in [6.45, 7) is 2.98. The summed E-state index contributed by atoms with van der Waals surface area (Å²) < 4.78 is 16.2. The Bertz CT molecular complexity index is 1140. The summed E-state index contributed by atoms with van der Waals surface area (Å²) >= 11 is 0. The third-order valence-electron chi connectivity index (χ3n) is 6.07. The van der Waals surface area contributed by atoms with Gasteiger partial charge in [-0.25, -0.2) is 9.97 Å². The van der Waals surface area contributed by atoms with Crippen molar-refractivity contribution in [1.82, 2.24) is 20.4 Å². The van der Waals surface area contributed by atoms with Crippen LogP contribution in [0.25, 0.3) is 11.0 Å². The van der Waals surface area contributed by atoms with Crippen molar-refractivity contribution < 1.29 is 18.8 Å². The molecule has 3 aromatic heterocycles. The van der Waals surface area contributed by atoms with Crippen molar-refractivity contribution in [1.29, 1.82) is 0 Å². The molecular formula is C22H27N7O4. The van der Waals surface area contributed by atoms with Gasteiger partial charge in [-0.1, -0.05) is 11.2 Å². The number of nitrogens with one attached hydrogen (secondary N) is 3. The second kappa shape index (κ2) is 9.20. The first-order chi connectivity index (χ1) is 16.2. The summed E-state index contributed by atoms with van der Waals surface area (Å²) in [5.74, 6) is 1.75. The van der Waals surface area contributed by atoms with Gasteiger partial charge in [-0.3, -0.25) is 4.79 Å². The molecule has 0 radical (unpaired) electrons. The number of hydrogen-bond acceptors (Lipinski definition) is 10. The standard InChI is InChI=1S/C22H27N7O4/c1-23-14-12-17(25-16-4-3-5-18(26-16)29-8-10-32-11-9-29)27-20-19(14)28-33-21(20)22(30)24-13-6-7-15(13)31-2/h3-5,12-13,15,23H,6-11H2,1-2H3,(H,24,30)(H,25,26,27)/t13-,15-/m1/s1. The Morgan fingerprint density at radius 2 is 2.00 bits per heavy atom. The Kier molecular flexibility index (Phi) is 5.97. The number of rotatable bonds is 7. The van der Waals surface area contributed by atoms with Gasteiger partial charge in [-0.2, -0.15) is 0 Å². The maximum atomic E-state index is 12.9. The Labute approximate surface area is 190 Å². The van der Waals surface area contributed by atoms with Gasteiger partial charge in [-0.15, -0.1) is 0 Å². The largest absolute Gasteiger partial charge is 0.386 e. The van der Waals surface area contributed by atoms with Gasteiger partial charge >= 0.3 is 0 Å². The number of pyridine rings is 2. The molecule has 3 N–H and O–H groups in total. The summed E-state index contributed by atoms with van der Waals surface area (Å²) in [5, 5.41) is 13.4. The van der Waals surface area contributed by atoms with Crippen LogP contribution in [0.4, 0.5) is 23.1 Å². The van der Waals surface area contributed by atoms with Crippen molar-refractivity contribution in [3.8, 4) is 0 Å². The minimum atomic E-state index is -0.358. The van der Waals surface area contributed by atoms with E-state index >= 15 is 0 Å². The fourth-order valence-electron chi connectivity index (χ4n) is 4.07. The van der Waals surface area contributed by atoms with E-state index in [4.69, 9.17) is 19.0 Å². The first-order valence-electron chi connectivity index (χ1n) is 11.0. The number of methoxy groups -OCH3 is 1.